The molecule has 2 aliphatic rings. The van der Waals surface area contributed by atoms with Crippen molar-refractivity contribution in [3.05, 3.63) is 65.7 Å². The van der Waals surface area contributed by atoms with E-state index < -0.39 is 0 Å². The number of ether oxygens (including phenoxy) is 1. The van der Waals surface area contributed by atoms with Crippen molar-refractivity contribution in [2.45, 2.75) is 43.7 Å². The Hall–Kier alpha value is -2.86. The van der Waals surface area contributed by atoms with Crippen LogP contribution in [0.25, 0.3) is 0 Å². The topological polar surface area (TPSA) is 70.1 Å². The Balaban J connectivity index is 1.74. The van der Waals surface area contributed by atoms with Crippen molar-refractivity contribution in [1.29, 1.82) is 0 Å². The Labute approximate surface area is 189 Å². The normalized spacial score (nSPS) is 27.9. The van der Waals surface area contributed by atoms with E-state index in [4.69, 9.17) is 4.74 Å². The lowest BCUT2D eigenvalue weighted by Gasteiger charge is -2.56. The Morgan fingerprint density at radius 1 is 1.16 bits per heavy atom. The molecule has 6 heteroatoms. The molecule has 0 aromatic heterocycles. The molecular weight excluding hydrogens is 404 g/mol. The van der Waals surface area contributed by atoms with Gasteiger partial charge >= 0.3 is 5.97 Å². The van der Waals surface area contributed by atoms with Gasteiger partial charge in [0.25, 0.3) is 5.91 Å². The molecule has 2 fully saturated rings. The summed E-state index contributed by atoms with van der Waals surface area (Å²) in [4.78, 5) is 29.4. The second-order valence-electron chi connectivity index (χ2n) is 9.35. The molecule has 0 bridgehead atoms. The van der Waals surface area contributed by atoms with Gasteiger partial charge in [-0.15, -0.1) is 0 Å². The highest BCUT2D eigenvalue weighted by Crippen LogP contribution is 2.51. The number of phenolic OH excluding ortho intramolecular Hbond substituents is 1. The van der Waals surface area contributed by atoms with Crippen molar-refractivity contribution in [1.82, 2.24) is 9.80 Å². The van der Waals surface area contributed by atoms with Crippen LogP contribution in [0.3, 0.4) is 0 Å². The van der Waals surface area contributed by atoms with Crippen LogP contribution in [0.5, 0.6) is 5.75 Å². The predicted octanol–water partition coefficient (Wildman–Crippen LogP) is 3.45. The van der Waals surface area contributed by atoms with E-state index in [9.17, 15) is 14.7 Å². The fourth-order valence-electron chi connectivity index (χ4n) is 5.72. The van der Waals surface area contributed by atoms with E-state index in [1.165, 1.54) is 6.92 Å². The van der Waals surface area contributed by atoms with Gasteiger partial charge in [0.2, 0.25) is 0 Å². The zero-order valence-corrected chi connectivity index (χ0v) is 19.0. The fraction of sp³-hybridized carbons (Fsp3) is 0.462. The highest BCUT2D eigenvalue weighted by atomic mass is 16.5. The van der Waals surface area contributed by atoms with Gasteiger partial charge in [-0.2, -0.15) is 0 Å². The third-order valence-corrected chi connectivity index (χ3v) is 7.34. The van der Waals surface area contributed by atoms with Crippen LogP contribution in [0.4, 0.5) is 0 Å². The smallest absolute Gasteiger partial charge is 0.302 e. The van der Waals surface area contributed by atoms with Crippen molar-refractivity contribution in [2.24, 2.45) is 5.92 Å². The zero-order chi connectivity index (χ0) is 22.9. The molecule has 1 N–H and O–H groups in total. The van der Waals surface area contributed by atoms with Crippen LogP contribution in [-0.2, 0) is 14.9 Å². The Morgan fingerprint density at radius 2 is 1.91 bits per heavy atom. The van der Waals surface area contributed by atoms with Crippen LogP contribution in [0.2, 0.25) is 0 Å². The minimum atomic E-state index is -0.303. The number of benzene rings is 2. The number of piperidine rings is 1. The molecule has 170 valence electrons. The largest absolute Gasteiger partial charge is 0.508 e. The van der Waals surface area contributed by atoms with Crippen LogP contribution >= 0.6 is 0 Å². The number of amides is 1. The molecule has 1 saturated carbocycles. The molecule has 2 aromatic carbocycles. The maximum atomic E-state index is 13.2. The molecule has 1 saturated heterocycles. The lowest BCUT2D eigenvalue weighted by molar-refractivity contribution is -0.158. The minimum Gasteiger partial charge on any atom is -0.508 e. The fourth-order valence-corrected chi connectivity index (χ4v) is 5.72. The first kappa shape index (κ1) is 22.3. The monoisotopic (exact) mass is 436 g/mol. The van der Waals surface area contributed by atoms with Crippen LogP contribution in [0.15, 0.2) is 54.6 Å². The highest BCUT2D eigenvalue weighted by Gasteiger charge is 2.54. The third-order valence-electron chi connectivity index (χ3n) is 7.34. The van der Waals surface area contributed by atoms with Gasteiger partial charge in [0.15, 0.2) is 0 Å². The number of carbonyl (C=O) groups is 2. The predicted molar refractivity (Wildman–Crippen MR) is 123 cm³/mol. The molecule has 1 amide bonds. The standard InChI is InChI=1S/C26H32N2O4/c1-18(29)32-24-15-21(28(3)25(31)19-8-5-4-6-9-19)16-26(12-13-27(2)17-23(24)26)20-10-7-11-22(30)14-20/h4-11,14,21,23-24,30H,12-13,15-17H2,1-3H3/t21-,23?,24?,26?/m1/s1. The Bertz CT molecular complexity index is 979. The summed E-state index contributed by atoms with van der Waals surface area (Å²) in [6.07, 6.45) is 1.94. The van der Waals surface area contributed by atoms with E-state index in [2.05, 4.69) is 18.0 Å². The molecule has 1 aliphatic carbocycles. The Morgan fingerprint density at radius 3 is 2.59 bits per heavy atom. The molecule has 0 spiro atoms. The molecular formula is C26H32N2O4. The second-order valence-corrected chi connectivity index (χ2v) is 9.35. The lowest BCUT2D eigenvalue weighted by Crippen LogP contribution is -2.61. The average molecular weight is 437 g/mol. The van der Waals surface area contributed by atoms with Gasteiger partial charge in [-0.05, 0) is 56.3 Å². The number of phenols is 1. The first-order valence-corrected chi connectivity index (χ1v) is 11.3. The Kier molecular flexibility index (Phi) is 6.24. The molecule has 2 aromatic rings. The third kappa shape index (κ3) is 4.24. The van der Waals surface area contributed by atoms with Gasteiger partial charge in [0, 0.05) is 49.9 Å². The first-order chi connectivity index (χ1) is 15.3. The minimum absolute atomic E-state index is 0.0328. The number of esters is 1. The second kappa shape index (κ2) is 8.94. The van der Waals surface area contributed by atoms with E-state index in [-0.39, 0.29) is 41.1 Å². The molecule has 3 unspecified atom stereocenters. The summed E-state index contributed by atoms with van der Waals surface area (Å²) in [6, 6.07) is 16.6. The van der Waals surface area contributed by atoms with E-state index in [0.717, 1.165) is 31.5 Å². The SMILES string of the molecule is CC(=O)OC1C[C@@H](N(C)C(=O)c2ccccc2)CC2(c3cccc(O)c3)CCN(C)CC12. The number of fused-ring (bicyclic) bond motifs is 1. The van der Waals surface area contributed by atoms with Gasteiger partial charge in [-0.1, -0.05) is 30.3 Å². The van der Waals surface area contributed by atoms with Crippen molar-refractivity contribution in [3.63, 3.8) is 0 Å². The average Bonchev–Trinajstić information content (AvgIpc) is 2.78. The molecule has 4 atom stereocenters. The summed E-state index contributed by atoms with van der Waals surface area (Å²) in [5.41, 5.74) is 1.41. The maximum Gasteiger partial charge on any atom is 0.302 e. The first-order valence-electron chi connectivity index (χ1n) is 11.3. The number of rotatable bonds is 4. The van der Waals surface area contributed by atoms with Crippen LogP contribution in [0, 0.1) is 5.92 Å². The number of hydrogen-bond acceptors (Lipinski definition) is 5. The summed E-state index contributed by atoms with van der Waals surface area (Å²) < 4.78 is 5.89. The van der Waals surface area contributed by atoms with Gasteiger partial charge in [0.1, 0.15) is 11.9 Å². The molecule has 4 rings (SSSR count). The number of likely N-dealkylation sites (tertiary alicyclic amines) is 1. The van der Waals surface area contributed by atoms with Gasteiger partial charge in [-0.3, -0.25) is 9.59 Å². The number of carbonyl (C=O) groups excluding carboxylic acids is 2. The summed E-state index contributed by atoms with van der Waals surface area (Å²) in [7, 11) is 3.94. The number of nitrogens with zero attached hydrogens (tertiary/aromatic N) is 2. The van der Waals surface area contributed by atoms with E-state index in [1.807, 2.05) is 54.4 Å². The maximum absolute atomic E-state index is 13.2. The van der Waals surface area contributed by atoms with Crippen LogP contribution in [-0.4, -0.2) is 66.1 Å². The van der Waals surface area contributed by atoms with Gasteiger partial charge in [-0.25, -0.2) is 0 Å². The van der Waals surface area contributed by atoms with E-state index in [0.29, 0.717) is 12.0 Å². The van der Waals surface area contributed by atoms with Crippen molar-refractivity contribution >= 4 is 11.9 Å². The molecule has 0 radical (unpaired) electrons. The van der Waals surface area contributed by atoms with Gasteiger partial charge < -0.3 is 19.6 Å². The van der Waals surface area contributed by atoms with Crippen LogP contribution in [0.1, 0.15) is 42.1 Å². The summed E-state index contributed by atoms with van der Waals surface area (Å²) in [6.45, 7) is 3.16. The van der Waals surface area contributed by atoms with Crippen LogP contribution < -0.4 is 0 Å². The highest BCUT2D eigenvalue weighted by molar-refractivity contribution is 5.94. The summed E-state index contributed by atoms with van der Waals surface area (Å²) >= 11 is 0. The van der Waals surface area contributed by atoms with E-state index in [1.54, 1.807) is 6.07 Å². The summed E-state index contributed by atoms with van der Waals surface area (Å²) in [5.74, 6) is -0.0156. The quantitative estimate of drug-likeness (QED) is 0.744. The van der Waals surface area contributed by atoms with E-state index >= 15 is 0 Å². The van der Waals surface area contributed by atoms with Crippen molar-refractivity contribution < 1.29 is 19.4 Å². The number of hydrogen-bond donors (Lipinski definition) is 1. The van der Waals surface area contributed by atoms with Gasteiger partial charge in [0.05, 0.1) is 0 Å². The molecule has 1 aliphatic heterocycles. The lowest BCUT2D eigenvalue weighted by atomic mass is 9.56. The summed E-state index contributed by atoms with van der Waals surface area (Å²) in [5, 5.41) is 10.2. The molecule has 6 nitrogen and oxygen atoms in total. The van der Waals surface area contributed by atoms with Crippen molar-refractivity contribution in [3.8, 4) is 5.75 Å². The van der Waals surface area contributed by atoms with Crippen molar-refractivity contribution in [2.75, 3.05) is 27.2 Å². The zero-order valence-electron chi connectivity index (χ0n) is 19.0. The number of aromatic hydroxyl groups is 1. The molecule has 32 heavy (non-hydrogen) atoms. The molecule has 1 heterocycles.